The smallest absolute Gasteiger partial charge is 0.185 e. The van der Waals surface area contributed by atoms with E-state index in [0.717, 1.165) is 0 Å². The summed E-state index contributed by atoms with van der Waals surface area (Å²) in [4.78, 5) is 23.2. The minimum Gasteiger partial charge on any atom is -0.434 e. The Hall–Kier alpha value is 0.788. The SMILES string of the molecule is CC(C)(C)C([Si](C)(C)C)([Si](C)(C)O)[Si](C)(O)[Si](C)(C)C. The highest BCUT2D eigenvalue weighted by molar-refractivity contribution is 7.44. The lowest BCUT2D eigenvalue weighted by Gasteiger charge is -2.66. The highest BCUT2D eigenvalue weighted by Crippen LogP contribution is 2.64. The average molecular weight is 351 g/mol. The normalized spacial score (nSPS) is 21.3. The summed E-state index contributed by atoms with van der Waals surface area (Å²) >= 11 is 0. The van der Waals surface area contributed by atoms with Crippen LogP contribution < -0.4 is 0 Å². The predicted molar refractivity (Wildman–Crippen MR) is 102 cm³/mol. The molecule has 0 heterocycles. The van der Waals surface area contributed by atoms with Crippen molar-refractivity contribution in [1.29, 1.82) is 0 Å². The van der Waals surface area contributed by atoms with Crippen LogP contribution in [-0.2, 0) is 0 Å². The van der Waals surface area contributed by atoms with Crippen LogP contribution in [0.2, 0.25) is 63.2 Å². The molecular formula is C14H38O2Si4. The van der Waals surface area contributed by atoms with Gasteiger partial charge >= 0.3 is 0 Å². The third kappa shape index (κ3) is 2.84. The van der Waals surface area contributed by atoms with Gasteiger partial charge in [-0.1, -0.05) is 60.1 Å². The van der Waals surface area contributed by atoms with Gasteiger partial charge in [-0.05, 0) is 25.1 Å². The monoisotopic (exact) mass is 350 g/mol. The predicted octanol–water partition coefficient (Wildman–Crippen LogP) is 4.37. The van der Waals surface area contributed by atoms with Gasteiger partial charge in [-0.3, -0.25) is 0 Å². The summed E-state index contributed by atoms with van der Waals surface area (Å²) in [5, 5.41) is 0. The Kier molecular flexibility index (Phi) is 5.36. The molecule has 0 aliphatic heterocycles. The van der Waals surface area contributed by atoms with Gasteiger partial charge in [-0.25, -0.2) is 0 Å². The maximum atomic E-state index is 11.9. The molecule has 0 amide bonds. The number of rotatable bonds is 4. The van der Waals surface area contributed by atoms with E-state index in [4.69, 9.17) is 0 Å². The largest absolute Gasteiger partial charge is 0.434 e. The van der Waals surface area contributed by atoms with Crippen LogP contribution in [0.5, 0.6) is 0 Å². The summed E-state index contributed by atoms with van der Waals surface area (Å²) in [6.45, 7) is 27.0. The van der Waals surface area contributed by atoms with Crippen molar-refractivity contribution < 1.29 is 9.59 Å². The Labute approximate surface area is 131 Å². The minimum absolute atomic E-state index is 0.0576. The summed E-state index contributed by atoms with van der Waals surface area (Å²) in [5.74, 6) is 0. The zero-order valence-electron chi connectivity index (χ0n) is 15.9. The van der Waals surface area contributed by atoms with Gasteiger partial charge in [0.15, 0.2) is 16.2 Å². The first-order valence-electron chi connectivity index (χ1n) is 7.70. The van der Waals surface area contributed by atoms with Crippen LogP contribution in [0.15, 0.2) is 0 Å². The van der Waals surface area contributed by atoms with E-state index < -0.39 is 31.8 Å². The fraction of sp³-hybridized carbons (Fsp3) is 1.00. The Morgan fingerprint density at radius 2 is 0.950 bits per heavy atom. The van der Waals surface area contributed by atoms with Crippen LogP contribution in [0.3, 0.4) is 0 Å². The molecule has 122 valence electrons. The highest BCUT2D eigenvalue weighted by Gasteiger charge is 2.73. The van der Waals surface area contributed by atoms with E-state index in [1.807, 2.05) is 0 Å². The van der Waals surface area contributed by atoms with Crippen LogP contribution in [0.1, 0.15) is 20.8 Å². The molecule has 0 aromatic rings. The second-order valence-electron chi connectivity index (χ2n) is 10.1. The molecule has 0 aromatic carbocycles. The van der Waals surface area contributed by atoms with Gasteiger partial charge in [0.2, 0.25) is 0 Å². The zero-order chi connectivity index (χ0) is 17.0. The maximum absolute atomic E-state index is 11.9. The molecule has 0 aliphatic carbocycles. The van der Waals surface area contributed by atoms with Crippen molar-refractivity contribution in [3.8, 4) is 0 Å². The Morgan fingerprint density at radius 1 is 0.650 bits per heavy atom. The molecule has 0 radical (unpaired) electrons. The maximum Gasteiger partial charge on any atom is 0.185 e. The van der Waals surface area contributed by atoms with Crippen molar-refractivity contribution in [2.24, 2.45) is 5.41 Å². The Morgan fingerprint density at radius 3 is 1.00 bits per heavy atom. The van der Waals surface area contributed by atoms with E-state index in [-0.39, 0.29) is 9.70 Å². The first-order chi connectivity index (χ1) is 8.25. The summed E-state index contributed by atoms with van der Waals surface area (Å²) in [6.07, 6.45) is 0. The van der Waals surface area contributed by atoms with Gasteiger partial charge in [0.25, 0.3) is 0 Å². The molecule has 0 saturated heterocycles. The van der Waals surface area contributed by atoms with Crippen LogP contribution in [0, 0.1) is 5.41 Å². The second-order valence-corrected chi connectivity index (χ2v) is 35.6. The van der Waals surface area contributed by atoms with Gasteiger partial charge in [0.1, 0.15) is 0 Å². The van der Waals surface area contributed by atoms with Crippen molar-refractivity contribution in [3.05, 3.63) is 0 Å². The first-order valence-corrected chi connectivity index (χ1v) is 21.1. The van der Waals surface area contributed by atoms with E-state index in [1.165, 1.54) is 0 Å². The molecule has 0 saturated carbocycles. The molecule has 0 aromatic heterocycles. The molecule has 20 heavy (non-hydrogen) atoms. The lowest BCUT2D eigenvalue weighted by atomic mass is 9.99. The third-order valence-corrected chi connectivity index (χ3v) is 38.6. The van der Waals surface area contributed by atoms with Gasteiger partial charge in [0, 0.05) is 4.28 Å². The molecule has 2 N–H and O–H groups in total. The summed E-state index contributed by atoms with van der Waals surface area (Å²) < 4.78 is -0.218. The van der Waals surface area contributed by atoms with Gasteiger partial charge in [0.05, 0.1) is 15.7 Å². The van der Waals surface area contributed by atoms with E-state index in [1.54, 1.807) is 0 Å². The third-order valence-electron chi connectivity index (χ3n) is 5.36. The van der Waals surface area contributed by atoms with Crippen molar-refractivity contribution in [2.45, 2.75) is 84.0 Å². The molecular weight excluding hydrogens is 312 g/mol. The van der Waals surface area contributed by atoms with Crippen molar-refractivity contribution >= 4 is 31.8 Å². The molecule has 0 rings (SSSR count). The fourth-order valence-corrected chi connectivity index (χ4v) is 47.6. The molecule has 2 unspecified atom stereocenters. The number of hydrogen-bond acceptors (Lipinski definition) is 2. The Balaban J connectivity index is 6.83. The quantitative estimate of drug-likeness (QED) is 0.739. The second kappa shape index (κ2) is 5.16. The van der Waals surface area contributed by atoms with Gasteiger partial charge < -0.3 is 9.59 Å². The summed E-state index contributed by atoms with van der Waals surface area (Å²) in [5.41, 5.74) is -0.0576. The fourth-order valence-electron chi connectivity index (χ4n) is 5.58. The lowest BCUT2D eigenvalue weighted by molar-refractivity contribution is 0.329. The summed E-state index contributed by atoms with van der Waals surface area (Å²) in [7, 11) is -8.66. The van der Waals surface area contributed by atoms with Crippen LogP contribution >= 0.6 is 0 Å². The average Bonchev–Trinajstić information content (AvgIpc) is 1.89. The number of hydrogen-bond donors (Lipinski definition) is 2. The molecule has 0 spiro atoms. The molecule has 2 atom stereocenters. The van der Waals surface area contributed by atoms with Crippen molar-refractivity contribution in [2.75, 3.05) is 0 Å². The van der Waals surface area contributed by atoms with Crippen LogP contribution in [-0.4, -0.2) is 41.4 Å². The van der Waals surface area contributed by atoms with E-state index in [9.17, 15) is 9.59 Å². The van der Waals surface area contributed by atoms with Crippen LogP contribution in [0.25, 0.3) is 0 Å². The van der Waals surface area contributed by atoms with E-state index in [0.29, 0.717) is 0 Å². The molecule has 0 fully saturated rings. The summed E-state index contributed by atoms with van der Waals surface area (Å²) in [6, 6.07) is 0. The van der Waals surface area contributed by atoms with Crippen molar-refractivity contribution in [3.63, 3.8) is 0 Å². The minimum atomic E-state index is -2.58. The molecule has 0 aliphatic rings. The highest BCUT2D eigenvalue weighted by atomic mass is 29.3. The van der Waals surface area contributed by atoms with Gasteiger partial charge in [-0.2, -0.15) is 0 Å². The Bertz CT molecular complexity index is 315. The van der Waals surface area contributed by atoms with Crippen molar-refractivity contribution in [1.82, 2.24) is 0 Å². The molecule has 2 nitrogen and oxygen atoms in total. The molecule has 6 heteroatoms. The molecule has 0 bridgehead atoms. The standard InChI is InChI=1S/C14H38O2Si4/c1-13(2,3)14(17(4,5)6,19(10,11)15)20(12,16)18(7,8)9/h15-16H,1-12H3. The topological polar surface area (TPSA) is 40.5 Å². The lowest BCUT2D eigenvalue weighted by Crippen LogP contribution is -2.80. The van der Waals surface area contributed by atoms with E-state index >= 15 is 0 Å². The zero-order valence-corrected chi connectivity index (χ0v) is 19.9. The van der Waals surface area contributed by atoms with E-state index in [2.05, 4.69) is 79.7 Å². The first kappa shape index (κ1) is 20.8. The van der Waals surface area contributed by atoms with Gasteiger partial charge in [-0.15, -0.1) is 0 Å². The van der Waals surface area contributed by atoms with Crippen LogP contribution in [0.4, 0.5) is 0 Å².